The molecule has 38 heavy (non-hydrogen) atoms. The first kappa shape index (κ1) is 28.3. The minimum Gasteiger partial charge on any atom is -0.383 e. The van der Waals surface area contributed by atoms with Gasteiger partial charge in [-0.2, -0.15) is 0 Å². The molecule has 0 unspecified atom stereocenters. The van der Waals surface area contributed by atoms with E-state index in [1.165, 1.54) is 12.6 Å². The Bertz CT molecular complexity index is 1190. The van der Waals surface area contributed by atoms with Crippen LogP contribution in [0.15, 0.2) is 42.5 Å². The van der Waals surface area contributed by atoms with Crippen molar-refractivity contribution in [3.63, 3.8) is 0 Å². The molecule has 1 aromatic heterocycles. The predicted molar refractivity (Wildman–Crippen MR) is 151 cm³/mol. The van der Waals surface area contributed by atoms with Crippen LogP contribution < -0.4 is 19.8 Å². The molecule has 2 heterocycles. The van der Waals surface area contributed by atoms with Crippen molar-refractivity contribution in [2.75, 3.05) is 62.4 Å². The van der Waals surface area contributed by atoms with Gasteiger partial charge in [-0.1, -0.05) is 37.3 Å². The highest BCUT2D eigenvalue weighted by Gasteiger charge is 2.34. The predicted octanol–water partition coefficient (Wildman–Crippen LogP) is 2.85. The molecular formula is C28H41N5O4S. The number of amides is 1. The van der Waals surface area contributed by atoms with E-state index in [0.29, 0.717) is 48.8 Å². The van der Waals surface area contributed by atoms with E-state index in [0.717, 1.165) is 42.9 Å². The van der Waals surface area contributed by atoms with Crippen LogP contribution >= 0.6 is 0 Å². The Balaban J connectivity index is 1.57. The molecule has 1 aliphatic heterocycles. The number of ether oxygens (including phenoxy) is 1. The Hall–Kier alpha value is -2.69. The highest BCUT2D eigenvalue weighted by molar-refractivity contribution is 7.92. The van der Waals surface area contributed by atoms with E-state index in [1.54, 1.807) is 19.2 Å². The van der Waals surface area contributed by atoms with E-state index in [4.69, 9.17) is 4.74 Å². The van der Waals surface area contributed by atoms with Crippen LogP contribution in [0.5, 0.6) is 0 Å². The zero-order valence-electron chi connectivity index (χ0n) is 22.9. The molecule has 2 N–H and O–H groups in total. The molecular weight excluding hydrogens is 502 g/mol. The van der Waals surface area contributed by atoms with Crippen molar-refractivity contribution in [3.8, 4) is 0 Å². The lowest BCUT2D eigenvalue weighted by atomic mass is 9.84. The number of carbonyl (C=O) groups is 1. The lowest BCUT2D eigenvalue weighted by Crippen LogP contribution is -2.47. The van der Waals surface area contributed by atoms with Crippen molar-refractivity contribution in [3.05, 3.63) is 53.6 Å². The van der Waals surface area contributed by atoms with E-state index < -0.39 is 10.0 Å². The SMILES string of the molecule is COCCN(C[C@H]1C[C@@H]1C)c1cc(C(=O)NC[C@@H]2NCCC[C@H]2c2ccccc2)cc(N(C)S(C)(=O)=O)n1. The van der Waals surface area contributed by atoms with Crippen LogP contribution in [0.1, 0.15) is 48.0 Å². The normalized spacial score (nSPS) is 23.1. The Morgan fingerprint density at radius 3 is 2.58 bits per heavy atom. The van der Waals surface area contributed by atoms with Gasteiger partial charge in [-0.25, -0.2) is 13.4 Å². The molecule has 0 bridgehead atoms. The van der Waals surface area contributed by atoms with Gasteiger partial charge in [0.05, 0.1) is 12.9 Å². The summed E-state index contributed by atoms with van der Waals surface area (Å²) in [4.78, 5) is 20.2. The number of piperidine rings is 1. The third kappa shape index (κ3) is 7.24. The average molecular weight is 544 g/mol. The molecule has 9 nitrogen and oxygen atoms in total. The molecule has 4 atom stereocenters. The molecule has 2 aromatic rings. The van der Waals surface area contributed by atoms with Gasteiger partial charge < -0.3 is 20.3 Å². The van der Waals surface area contributed by atoms with Gasteiger partial charge in [0.25, 0.3) is 5.91 Å². The van der Waals surface area contributed by atoms with Gasteiger partial charge in [0.15, 0.2) is 0 Å². The lowest BCUT2D eigenvalue weighted by molar-refractivity contribution is 0.0946. The number of benzene rings is 1. The second-order valence-electron chi connectivity index (χ2n) is 10.6. The second-order valence-corrected chi connectivity index (χ2v) is 12.7. The van der Waals surface area contributed by atoms with Crippen LogP contribution in [0.25, 0.3) is 0 Å². The van der Waals surface area contributed by atoms with Crippen molar-refractivity contribution >= 4 is 27.6 Å². The summed E-state index contributed by atoms with van der Waals surface area (Å²) in [6, 6.07) is 13.8. The number of hydrogen-bond acceptors (Lipinski definition) is 7. The van der Waals surface area contributed by atoms with Gasteiger partial charge in [0, 0.05) is 51.3 Å². The van der Waals surface area contributed by atoms with Gasteiger partial charge >= 0.3 is 0 Å². The number of aromatic nitrogens is 1. The Labute approximate surface area is 227 Å². The van der Waals surface area contributed by atoms with Gasteiger partial charge in [-0.3, -0.25) is 9.10 Å². The largest absolute Gasteiger partial charge is 0.383 e. The number of rotatable bonds is 12. The topological polar surface area (TPSA) is 104 Å². The summed E-state index contributed by atoms with van der Waals surface area (Å²) >= 11 is 0. The van der Waals surface area contributed by atoms with Crippen molar-refractivity contribution < 1.29 is 17.9 Å². The quantitative estimate of drug-likeness (QED) is 0.424. The monoisotopic (exact) mass is 543 g/mol. The Kier molecular flexibility index (Phi) is 9.27. The first-order valence-corrected chi connectivity index (χ1v) is 15.3. The van der Waals surface area contributed by atoms with Crippen LogP contribution in [-0.2, 0) is 14.8 Å². The van der Waals surface area contributed by atoms with Crippen LogP contribution in [0, 0.1) is 11.8 Å². The zero-order chi connectivity index (χ0) is 27.3. The Morgan fingerprint density at radius 1 is 1.21 bits per heavy atom. The first-order chi connectivity index (χ1) is 18.2. The number of carbonyl (C=O) groups excluding carboxylic acids is 1. The lowest BCUT2D eigenvalue weighted by Gasteiger charge is -2.33. The summed E-state index contributed by atoms with van der Waals surface area (Å²) < 4.78 is 31.1. The first-order valence-electron chi connectivity index (χ1n) is 13.4. The summed E-state index contributed by atoms with van der Waals surface area (Å²) in [5.41, 5.74) is 1.66. The maximum atomic E-state index is 13.5. The third-order valence-corrected chi connectivity index (χ3v) is 8.98. The van der Waals surface area contributed by atoms with Gasteiger partial charge in [-0.05, 0) is 55.3 Å². The third-order valence-electron chi connectivity index (χ3n) is 7.80. The van der Waals surface area contributed by atoms with Crippen LogP contribution in [0.2, 0.25) is 0 Å². The van der Waals surface area contributed by atoms with Crippen molar-refractivity contribution in [2.45, 2.75) is 38.1 Å². The molecule has 0 radical (unpaired) electrons. The van der Waals surface area contributed by atoms with E-state index in [9.17, 15) is 13.2 Å². The second kappa shape index (κ2) is 12.4. The molecule has 1 aliphatic carbocycles. The average Bonchev–Trinajstić information content (AvgIpc) is 3.63. The van der Waals surface area contributed by atoms with Gasteiger partial charge in [0.1, 0.15) is 11.6 Å². The molecule has 2 aliphatic rings. The number of pyridine rings is 1. The van der Waals surface area contributed by atoms with Crippen LogP contribution in [-0.4, -0.2) is 78.5 Å². The molecule has 1 saturated carbocycles. The van der Waals surface area contributed by atoms with E-state index in [-0.39, 0.29) is 17.8 Å². The standard InChI is InChI=1S/C28H41N5O4S/c1-20-15-23(20)19-33(13-14-37-3)27-17-22(16-26(31-27)32(2)38(4,35)36)28(34)30-18-25-24(11-8-12-29-25)21-9-6-5-7-10-21/h5-7,9-10,16-17,20,23-25,29H,8,11-15,18-19H2,1-4H3,(H,30,34)/t20-,23+,24-,25-/m0/s1. The zero-order valence-corrected chi connectivity index (χ0v) is 23.7. The summed E-state index contributed by atoms with van der Waals surface area (Å²) in [5, 5.41) is 6.68. The molecule has 208 valence electrons. The molecule has 4 rings (SSSR count). The fourth-order valence-corrected chi connectivity index (χ4v) is 5.57. The van der Waals surface area contributed by atoms with E-state index in [2.05, 4.69) is 51.7 Å². The number of nitrogens with one attached hydrogen (secondary N) is 2. The van der Waals surface area contributed by atoms with Crippen LogP contribution in [0.3, 0.4) is 0 Å². The number of methoxy groups -OCH3 is 1. The molecule has 10 heteroatoms. The summed E-state index contributed by atoms with van der Waals surface area (Å²) in [6.07, 6.45) is 4.44. The van der Waals surface area contributed by atoms with Crippen molar-refractivity contribution in [1.29, 1.82) is 0 Å². The fraction of sp³-hybridized carbons (Fsp3) is 0.571. The van der Waals surface area contributed by atoms with E-state index >= 15 is 0 Å². The minimum atomic E-state index is -3.56. The van der Waals surface area contributed by atoms with Gasteiger partial charge in [0.2, 0.25) is 10.0 Å². The molecule has 1 amide bonds. The summed E-state index contributed by atoms with van der Waals surface area (Å²) in [7, 11) is -0.445. The fourth-order valence-electron chi connectivity index (χ4n) is 5.13. The molecule has 0 spiro atoms. The summed E-state index contributed by atoms with van der Waals surface area (Å²) in [6.45, 7) is 5.51. The molecule has 2 fully saturated rings. The molecule has 1 aromatic carbocycles. The van der Waals surface area contributed by atoms with Crippen molar-refractivity contribution in [1.82, 2.24) is 15.6 Å². The minimum absolute atomic E-state index is 0.115. The molecule has 1 saturated heterocycles. The van der Waals surface area contributed by atoms with Crippen molar-refractivity contribution in [2.24, 2.45) is 11.8 Å². The van der Waals surface area contributed by atoms with Crippen LogP contribution in [0.4, 0.5) is 11.6 Å². The maximum Gasteiger partial charge on any atom is 0.251 e. The number of hydrogen-bond donors (Lipinski definition) is 2. The number of sulfonamides is 1. The smallest absolute Gasteiger partial charge is 0.251 e. The van der Waals surface area contributed by atoms with Gasteiger partial charge in [-0.15, -0.1) is 0 Å². The Morgan fingerprint density at radius 2 is 1.92 bits per heavy atom. The summed E-state index contributed by atoms with van der Waals surface area (Å²) in [5.74, 6) is 2.06. The number of anilines is 2. The number of nitrogens with zero attached hydrogens (tertiary/aromatic N) is 3. The maximum absolute atomic E-state index is 13.5. The highest BCUT2D eigenvalue weighted by atomic mass is 32.2. The van der Waals surface area contributed by atoms with E-state index in [1.807, 2.05) is 6.07 Å². The highest BCUT2D eigenvalue weighted by Crippen LogP contribution is 2.39.